The summed E-state index contributed by atoms with van der Waals surface area (Å²) in [5.41, 5.74) is 2.08. The van der Waals surface area contributed by atoms with Crippen LogP contribution in [-0.4, -0.2) is 6.29 Å². The van der Waals surface area contributed by atoms with Crippen LogP contribution >= 0.6 is 0 Å². The molecular weight excluding hydrogens is 202 g/mol. The quantitative estimate of drug-likeness (QED) is 0.436. The molecule has 76 valence electrons. The maximum Gasteiger partial charge on any atom is 0.419 e. The number of carbonyl (C=O) groups is 1. The molecule has 0 unspecified atom stereocenters. The number of benzene rings is 1. The number of rotatable bonds is 1. The number of hydrogen-bond acceptors (Lipinski definition) is 2. The molecule has 0 heterocycles. The number of hydrogen-bond donors (Lipinski definition) is 1. The summed E-state index contributed by atoms with van der Waals surface area (Å²) >= 11 is 0. The summed E-state index contributed by atoms with van der Waals surface area (Å²) in [5, 5.41) is 0. The molecule has 0 atom stereocenters. The van der Waals surface area contributed by atoms with Gasteiger partial charge in [0.25, 0.3) is 0 Å². The van der Waals surface area contributed by atoms with Gasteiger partial charge in [-0.15, -0.1) is 0 Å². The first-order valence-corrected chi connectivity index (χ1v) is 3.47. The fourth-order valence-corrected chi connectivity index (χ4v) is 1.07. The molecule has 0 aliphatic carbocycles. The molecule has 0 aliphatic heterocycles. The topological polar surface area (TPSA) is 43.1 Å². The predicted molar refractivity (Wildman–Crippen MR) is 41.2 cm³/mol. The number of aldehydes is 1. The Kier molecular flexibility index (Phi) is 2.46. The summed E-state index contributed by atoms with van der Waals surface area (Å²) in [6.07, 6.45) is -4.84. The lowest BCUT2D eigenvalue weighted by Crippen LogP contribution is -2.13. The SMILES string of the molecule is Nc1cc(F)cc(C=O)c1C(F)(F)F. The van der Waals surface area contributed by atoms with Gasteiger partial charge in [-0.1, -0.05) is 0 Å². The molecule has 0 aliphatic rings. The predicted octanol–water partition coefficient (Wildman–Crippen LogP) is 2.24. The Morgan fingerprint density at radius 3 is 2.29 bits per heavy atom. The molecule has 0 aromatic heterocycles. The molecule has 0 amide bonds. The van der Waals surface area contributed by atoms with Gasteiger partial charge in [0.1, 0.15) is 5.82 Å². The molecule has 1 aromatic carbocycles. The highest BCUT2D eigenvalue weighted by atomic mass is 19.4. The Morgan fingerprint density at radius 1 is 1.29 bits per heavy atom. The Bertz CT molecular complexity index is 372. The minimum atomic E-state index is -4.76. The summed E-state index contributed by atoms with van der Waals surface area (Å²) in [7, 11) is 0. The van der Waals surface area contributed by atoms with Gasteiger partial charge in [0, 0.05) is 11.3 Å². The first-order chi connectivity index (χ1) is 6.36. The largest absolute Gasteiger partial charge is 0.419 e. The Balaban J connectivity index is 3.48. The first-order valence-electron chi connectivity index (χ1n) is 3.47. The standard InChI is InChI=1S/C8H5F4NO/c9-5-1-4(3-14)7(6(13)2-5)8(10,11)12/h1-3H,13H2. The van der Waals surface area contributed by atoms with Crippen LogP contribution in [0.25, 0.3) is 0 Å². The summed E-state index contributed by atoms with van der Waals surface area (Å²) in [6.45, 7) is 0. The van der Waals surface area contributed by atoms with Gasteiger partial charge in [-0.2, -0.15) is 13.2 Å². The van der Waals surface area contributed by atoms with Crippen LogP contribution in [0.2, 0.25) is 0 Å². The van der Waals surface area contributed by atoms with Gasteiger partial charge in [0.05, 0.1) is 5.56 Å². The van der Waals surface area contributed by atoms with Gasteiger partial charge < -0.3 is 5.73 Å². The highest BCUT2D eigenvalue weighted by Crippen LogP contribution is 2.35. The van der Waals surface area contributed by atoms with E-state index < -0.39 is 28.8 Å². The lowest BCUT2D eigenvalue weighted by atomic mass is 10.1. The van der Waals surface area contributed by atoms with Gasteiger partial charge in [-0.25, -0.2) is 4.39 Å². The second-order valence-electron chi connectivity index (χ2n) is 2.57. The first kappa shape index (κ1) is 10.5. The van der Waals surface area contributed by atoms with Crippen LogP contribution in [0.4, 0.5) is 23.2 Å². The number of nitrogen functional groups attached to an aromatic ring is 1. The molecule has 6 heteroatoms. The second kappa shape index (κ2) is 3.28. The summed E-state index contributed by atoms with van der Waals surface area (Å²) in [4.78, 5) is 10.3. The third-order valence-electron chi connectivity index (χ3n) is 1.57. The molecule has 0 spiro atoms. The molecule has 0 saturated heterocycles. The molecule has 0 fully saturated rings. The fourth-order valence-electron chi connectivity index (χ4n) is 1.07. The maximum absolute atomic E-state index is 12.6. The van der Waals surface area contributed by atoms with E-state index in [1.54, 1.807) is 0 Å². The van der Waals surface area contributed by atoms with Gasteiger partial charge in [0.2, 0.25) is 0 Å². The lowest BCUT2D eigenvalue weighted by Gasteiger charge is -2.11. The third-order valence-corrected chi connectivity index (χ3v) is 1.57. The van der Waals surface area contributed by atoms with Crippen molar-refractivity contribution in [1.29, 1.82) is 0 Å². The van der Waals surface area contributed by atoms with E-state index >= 15 is 0 Å². The number of alkyl halides is 3. The zero-order chi connectivity index (χ0) is 10.9. The lowest BCUT2D eigenvalue weighted by molar-refractivity contribution is -0.137. The molecule has 1 aromatic rings. The van der Waals surface area contributed by atoms with E-state index in [1.165, 1.54) is 0 Å². The van der Waals surface area contributed by atoms with Crippen molar-refractivity contribution in [2.45, 2.75) is 6.18 Å². The number of nitrogens with two attached hydrogens (primary N) is 1. The normalized spacial score (nSPS) is 11.4. The summed E-state index contributed by atoms with van der Waals surface area (Å²) in [6, 6.07) is 1.02. The van der Waals surface area contributed by atoms with Crippen LogP contribution < -0.4 is 5.73 Å². The van der Waals surface area contributed by atoms with Crippen LogP contribution in [0.15, 0.2) is 12.1 Å². The smallest absolute Gasteiger partial charge is 0.398 e. The summed E-state index contributed by atoms with van der Waals surface area (Å²) in [5.74, 6) is -0.974. The molecule has 2 N–H and O–H groups in total. The third kappa shape index (κ3) is 1.84. The highest BCUT2D eigenvalue weighted by Gasteiger charge is 2.36. The Morgan fingerprint density at radius 2 is 1.86 bits per heavy atom. The van der Waals surface area contributed by atoms with Gasteiger partial charge in [-0.3, -0.25) is 4.79 Å². The second-order valence-corrected chi connectivity index (χ2v) is 2.57. The van der Waals surface area contributed by atoms with Crippen molar-refractivity contribution in [2.24, 2.45) is 0 Å². The van der Waals surface area contributed by atoms with Crippen molar-refractivity contribution in [3.05, 3.63) is 29.1 Å². The number of halogens is 4. The molecule has 0 saturated carbocycles. The molecule has 2 nitrogen and oxygen atoms in total. The zero-order valence-electron chi connectivity index (χ0n) is 6.73. The van der Waals surface area contributed by atoms with E-state index in [9.17, 15) is 22.4 Å². The van der Waals surface area contributed by atoms with E-state index in [0.717, 1.165) is 0 Å². The van der Waals surface area contributed by atoms with Crippen molar-refractivity contribution >= 4 is 12.0 Å². The highest BCUT2D eigenvalue weighted by molar-refractivity contribution is 5.80. The van der Waals surface area contributed by atoms with Crippen molar-refractivity contribution in [3.63, 3.8) is 0 Å². The zero-order valence-corrected chi connectivity index (χ0v) is 6.73. The molecule has 14 heavy (non-hydrogen) atoms. The monoisotopic (exact) mass is 207 g/mol. The van der Waals surface area contributed by atoms with E-state index in [1.807, 2.05) is 0 Å². The van der Waals surface area contributed by atoms with E-state index in [0.29, 0.717) is 12.1 Å². The van der Waals surface area contributed by atoms with Gasteiger partial charge in [0.15, 0.2) is 6.29 Å². The van der Waals surface area contributed by atoms with Crippen LogP contribution in [0.1, 0.15) is 15.9 Å². The number of anilines is 1. The van der Waals surface area contributed by atoms with E-state index in [4.69, 9.17) is 5.73 Å². The van der Waals surface area contributed by atoms with Crippen LogP contribution in [0.5, 0.6) is 0 Å². The average Bonchev–Trinajstić information content (AvgIpc) is 1.99. The van der Waals surface area contributed by atoms with Crippen molar-refractivity contribution in [2.75, 3.05) is 5.73 Å². The molecule has 0 bridgehead atoms. The molecule has 0 radical (unpaired) electrons. The Hall–Kier alpha value is -1.59. The van der Waals surface area contributed by atoms with Crippen molar-refractivity contribution < 1.29 is 22.4 Å². The van der Waals surface area contributed by atoms with Gasteiger partial charge >= 0.3 is 6.18 Å². The van der Waals surface area contributed by atoms with Crippen molar-refractivity contribution in [3.8, 4) is 0 Å². The van der Waals surface area contributed by atoms with Crippen LogP contribution in [0.3, 0.4) is 0 Å². The summed E-state index contributed by atoms with van der Waals surface area (Å²) < 4.78 is 49.4. The average molecular weight is 207 g/mol. The number of carbonyl (C=O) groups excluding carboxylic acids is 1. The van der Waals surface area contributed by atoms with Gasteiger partial charge in [-0.05, 0) is 12.1 Å². The minimum Gasteiger partial charge on any atom is -0.398 e. The fraction of sp³-hybridized carbons (Fsp3) is 0.125. The van der Waals surface area contributed by atoms with Crippen molar-refractivity contribution in [1.82, 2.24) is 0 Å². The van der Waals surface area contributed by atoms with Crippen LogP contribution in [0, 0.1) is 5.82 Å². The minimum absolute atomic E-state index is 0.0811. The molecular formula is C8H5F4NO. The van der Waals surface area contributed by atoms with E-state index in [-0.39, 0.29) is 6.29 Å². The maximum atomic E-state index is 12.6. The van der Waals surface area contributed by atoms with E-state index in [2.05, 4.69) is 0 Å². The van der Waals surface area contributed by atoms with Crippen LogP contribution in [-0.2, 0) is 6.18 Å². The molecule has 1 rings (SSSR count). The Labute approximate surface area is 76.3 Å².